The van der Waals surface area contributed by atoms with E-state index in [4.69, 9.17) is 0 Å². The molecule has 2 N–H and O–H groups in total. The van der Waals surface area contributed by atoms with Gasteiger partial charge in [0.05, 0.1) is 17.2 Å². The van der Waals surface area contributed by atoms with E-state index in [0.717, 1.165) is 38.1 Å². The van der Waals surface area contributed by atoms with Gasteiger partial charge < -0.3 is 15.5 Å². The highest BCUT2D eigenvalue weighted by Gasteiger charge is 2.31. The van der Waals surface area contributed by atoms with Crippen LogP contribution in [0.5, 0.6) is 0 Å². The summed E-state index contributed by atoms with van der Waals surface area (Å²) in [5, 5.41) is 7.64. The summed E-state index contributed by atoms with van der Waals surface area (Å²) in [6.07, 6.45) is -1.87. The van der Waals surface area contributed by atoms with Crippen LogP contribution in [-0.4, -0.2) is 41.3 Å². The Morgan fingerprint density at radius 3 is 2.51 bits per heavy atom. The molecule has 3 aromatic rings. The summed E-state index contributed by atoms with van der Waals surface area (Å²) in [5.41, 5.74) is 2.02. The fourth-order valence-corrected chi connectivity index (χ4v) is 5.84. The summed E-state index contributed by atoms with van der Waals surface area (Å²) in [6.45, 7) is 5.50. The first kappa shape index (κ1) is 28.8. The third-order valence-corrected chi connectivity index (χ3v) is 7.78. The van der Waals surface area contributed by atoms with Crippen LogP contribution >= 0.6 is 11.3 Å². The molecule has 1 fully saturated rings. The predicted molar refractivity (Wildman–Crippen MR) is 147 cm³/mol. The number of carbonyl (C=O) groups is 2. The van der Waals surface area contributed by atoms with Crippen molar-refractivity contribution >= 4 is 28.3 Å². The number of halogens is 3. The molecule has 1 aromatic heterocycles. The SMILES string of the molecule is CC(=O)Nc1nc(C(CCN2CCC(c3ccccc3)CC2)C(=O)NCc2cc(C)cc(C(F)(F)F)c2)cs1. The summed E-state index contributed by atoms with van der Waals surface area (Å²) >= 11 is 1.24. The lowest BCUT2D eigenvalue weighted by Gasteiger charge is -2.32. The summed E-state index contributed by atoms with van der Waals surface area (Å²) in [5.74, 6) is -0.624. The van der Waals surface area contributed by atoms with Crippen LogP contribution in [0.2, 0.25) is 0 Å². The minimum Gasteiger partial charge on any atom is -0.351 e. The molecule has 2 heterocycles. The molecule has 1 unspecified atom stereocenters. The van der Waals surface area contributed by atoms with Crippen molar-refractivity contribution in [2.75, 3.05) is 25.0 Å². The van der Waals surface area contributed by atoms with E-state index in [-0.39, 0.29) is 18.4 Å². The number of piperidine rings is 1. The van der Waals surface area contributed by atoms with Gasteiger partial charge in [-0.15, -0.1) is 11.3 Å². The molecule has 0 bridgehead atoms. The standard InChI is InChI=1S/C29H33F3N4O2S/c1-19-14-21(16-24(15-19)29(30,31)32)17-33-27(38)25(26-18-39-28(35-26)34-20(2)37)10-13-36-11-8-23(9-12-36)22-6-4-3-5-7-22/h3-7,14-16,18,23,25H,8-13,17H2,1-2H3,(H,33,38)(H,34,35,37). The van der Waals surface area contributed by atoms with E-state index >= 15 is 0 Å². The maximum absolute atomic E-state index is 13.4. The van der Waals surface area contributed by atoms with Crippen LogP contribution in [0, 0.1) is 6.92 Å². The fraction of sp³-hybridized carbons (Fsp3) is 0.414. The highest BCUT2D eigenvalue weighted by Crippen LogP contribution is 2.32. The Hall–Kier alpha value is -3.24. The molecule has 0 saturated carbocycles. The van der Waals surface area contributed by atoms with Crippen LogP contribution in [0.15, 0.2) is 53.9 Å². The minimum atomic E-state index is -4.46. The van der Waals surface area contributed by atoms with Crippen molar-refractivity contribution in [2.24, 2.45) is 0 Å². The lowest BCUT2D eigenvalue weighted by molar-refractivity contribution is -0.137. The number of aromatic nitrogens is 1. The summed E-state index contributed by atoms with van der Waals surface area (Å²) in [4.78, 5) is 31.6. The Morgan fingerprint density at radius 1 is 1.13 bits per heavy atom. The first-order chi connectivity index (χ1) is 18.6. The van der Waals surface area contributed by atoms with E-state index in [1.165, 1.54) is 23.8 Å². The minimum absolute atomic E-state index is 0.0226. The third kappa shape index (κ3) is 8.12. The lowest BCUT2D eigenvalue weighted by Crippen LogP contribution is -2.36. The van der Waals surface area contributed by atoms with Gasteiger partial charge in [0.25, 0.3) is 0 Å². The van der Waals surface area contributed by atoms with Crippen LogP contribution in [0.1, 0.15) is 66.0 Å². The predicted octanol–water partition coefficient (Wildman–Crippen LogP) is 6.10. The van der Waals surface area contributed by atoms with Crippen molar-refractivity contribution in [1.82, 2.24) is 15.2 Å². The van der Waals surface area contributed by atoms with Gasteiger partial charge >= 0.3 is 6.18 Å². The van der Waals surface area contributed by atoms with E-state index in [0.29, 0.717) is 40.8 Å². The van der Waals surface area contributed by atoms with Gasteiger partial charge in [-0.25, -0.2) is 4.98 Å². The van der Waals surface area contributed by atoms with Crippen molar-refractivity contribution < 1.29 is 22.8 Å². The number of nitrogens with zero attached hydrogens (tertiary/aromatic N) is 2. The molecule has 1 aliphatic rings. The smallest absolute Gasteiger partial charge is 0.351 e. The van der Waals surface area contributed by atoms with Gasteiger partial charge in [-0.3, -0.25) is 9.59 Å². The maximum atomic E-state index is 13.4. The second-order valence-corrected chi connectivity index (χ2v) is 10.9. The molecule has 39 heavy (non-hydrogen) atoms. The number of hydrogen-bond donors (Lipinski definition) is 2. The van der Waals surface area contributed by atoms with Crippen molar-refractivity contribution in [3.8, 4) is 0 Å². The zero-order valence-corrected chi connectivity index (χ0v) is 22.9. The van der Waals surface area contributed by atoms with Crippen molar-refractivity contribution in [3.63, 3.8) is 0 Å². The third-order valence-electron chi connectivity index (χ3n) is 7.00. The number of likely N-dealkylation sites (tertiary alicyclic amines) is 1. The van der Waals surface area contributed by atoms with E-state index < -0.39 is 17.7 Å². The number of carbonyl (C=O) groups excluding carboxylic acids is 2. The Balaban J connectivity index is 1.42. The van der Waals surface area contributed by atoms with Gasteiger partial charge in [-0.2, -0.15) is 13.2 Å². The molecule has 6 nitrogen and oxygen atoms in total. The molecule has 2 amide bonds. The van der Waals surface area contributed by atoms with E-state index in [9.17, 15) is 22.8 Å². The Morgan fingerprint density at radius 2 is 1.85 bits per heavy atom. The molecule has 0 radical (unpaired) electrons. The molecule has 1 saturated heterocycles. The van der Waals surface area contributed by atoms with Gasteiger partial charge in [0.2, 0.25) is 11.8 Å². The average molecular weight is 559 g/mol. The summed E-state index contributed by atoms with van der Waals surface area (Å²) < 4.78 is 39.8. The Kier molecular flexibility index (Phi) is 9.40. The average Bonchev–Trinajstić information content (AvgIpc) is 3.35. The molecular weight excluding hydrogens is 525 g/mol. The van der Waals surface area contributed by atoms with Crippen molar-refractivity contribution in [2.45, 2.75) is 57.7 Å². The van der Waals surface area contributed by atoms with Crippen LogP contribution in [0.3, 0.4) is 0 Å². The molecule has 2 aromatic carbocycles. The number of thiazole rings is 1. The fourth-order valence-electron chi connectivity index (χ4n) is 5.03. The second kappa shape index (κ2) is 12.7. The highest BCUT2D eigenvalue weighted by molar-refractivity contribution is 7.13. The number of aryl methyl sites for hydroxylation is 1. The van der Waals surface area contributed by atoms with Crippen LogP contribution < -0.4 is 10.6 Å². The Bertz CT molecular complexity index is 1270. The molecule has 208 valence electrons. The van der Waals surface area contributed by atoms with E-state index in [1.54, 1.807) is 18.4 Å². The molecule has 0 aliphatic carbocycles. The van der Waals surface area contributed by atoms with Crippen molar-refractivity contribution in [1.29, 1.82) is 0 Å². The largest absolute Gasteiger partial charge is 0.416 e. The summed E-state index contributed by atoms with van der Waals surface area (Å²) in [7, 11) is 0. The van der Waals surface area contributed by atoms with Gasteiger partial charge in [0.15, 0.2) is 5.13 Å². The van der Waals surface area contributed by atoms with Gasteiger partial charge in [-0.1, -0.05) is 42.0 Å². The number of anilines is 1. The number of amides is 2. The normalized spacial score (nSPS) is 15.6. The molecular formula is C29H33F3N4O2S. The first-order valence-corrected chi connectivity index (χ1v) is 13.9. The highest BCUT2D eigenvalue weighted by atomic mass is 32.1. The van der Waals surface area contributed by atoms with E-state index in [1.807, 2.05) is 6.07 Å². The number of alkyl halides is 3. The zero-order valence-electron chi connectivity index (χ0n) is 22.1. The molecule has 1 aliphatic heterocycles. The number of rotatable bonds is 9. The first-order valence-electron chi connectivity index (χ1n) is 13.0. The summed E-state index contributed by atoms with van der Waals surface area (Å²) in [6, 6.07) is 14.3. The lowest BCUT2D eigenvalue weighted by atomic mass is 9.89. The monoisotopic (exact) mass is 558 g/mol. The molecule has 1 atom stereocenters. The van der Waals surface area contributed by atoms with Crippen LogP contribution in [0.4, 0.5) is 18.3 Å². The number of benzene rings is 2. The number of nitrogens with one attached hydrogen (secondary N) is 2. The van der Waals surface area contributed by atoms with Gasteiger partial charge in [0.1, 0.15) is 0 Å². The van der Waals surface area contributed by atoms with E-state index in [2.05, 4.69) is 44.8 Å². The van der Waals surface area contributed by atoms with Gasteiger partial charge in [0, 0.05) is 18.8 Å². The second-order valence-electron chi connectivity index (χ2n) is 10.0. The molecule has 10 heteroatoms. The quantitative estimate of drug-likeness (QED) is 0.333. The van der Waals surface area contributed by atoms with Crippen molar-refractivity contribution in [3.05, 3.63) is 81.9 Å². The molecule has 0 spiro atoms. The van der Waals surface area contributed by atoms with Crippen LogP contribution in [-0.2, 0) is 22.3 Å². The zero-order chi connectivity index (χ0) is 28.0. The Labute approximate surface area is 230 Å². The van der Waals surface area contributed by atoms with Crippen LogP contribution in [0.25, 0.3) is 0 Å². The maximum Gasteiger partial charge on any atom is 0.416 e. The topological polar surface area (TPSA) is 74.3 Å². The van der Waals surface area contributed by atoms with Gasteiger partial charge in [-0.05, 0) is 75.0 Å². The molecule has 4 rings (SSSR count). The number of hydrogen-bond acceptors (Lipinski definition) is 5.